The zero-order valence-corrected chi connectivity index (χ0v) is 8.45. The summed E-state index contributed by atoms with van der Waals surface area (Å²) in [6.45, 7) is 2.03. The maximum Gasteiger partial charge on any atom is 0.180 e. The van der Waals surface area contributed by atoms with Crippen LogP contribution in [0.25, 0.3) is 0 Å². The number of nitrogens with one attached hydrogen (secondary N) is 1. The minimum absolute atomic E-state index is 0.0508. The van der Waals surface area contributed by atoms with E-state index in [0.29, 0.717) is 0 Å². The van der Waals surface area contributed by atoms with Crippen LogP contribution in [0.3, 0.4) is 0 Å². The monoisotopic (exact) mass is 196 g/mol. The first-order valence-electron chi connectivity index (χ1n) is 4.98. The van der Waals surface area contributed by atoms with Gasteiger partial charge in [-0.05, 0) is 25.9 Å². The van der Waals surface area contributed by atoms with Crippen molar-refractivity contribution in [3.63, 3.8) is 0 Å². The first-order chi connectivity index (χ1) is 6.85. The Morgan fingerprint density at radius 1 is 1.57 bits per heavy atom. The Bertz CT molecular complexity index is 266. The predicted molar refractivity (Wildman–Crippen MR) is 52.1 cm³/mol. The molecule has 0 radical (unpaired) electrons. The Morgan fingerprint density at radius 2 is 2.36 bits per heavy atom. The van der Waals surface area contributed by atoms with Crippen LogP contribution in [0.1, 0.15) is 18.6 Å². The Balaban J connectivity index is 2.04. The van der Waals surface area contributed by atoms with Crippen LogP contribution in [0, 0.1) is 0 Å². The predicted octanol–water partition coefficient (Wildman–Crippen LogP) is 0.986. The molecule has 14 heavy (non-hydrogen) atoms. The summed E-state index contributed by atoms with van der Waals surface area (Å²) < 4.78 is 10.9. The second-order valence-corrected chi connectivity index (χ2v) is 3.78. The second-order valence-electron chi connectivity index (χ2n) is 3.78. The lowest BCUT2D eigenvalue weighted by molar-refractivity contribution is -0.0366. The average Bonchev–Trinajstić information content (AvgIpc) is 2.72. The van der Waals surface area contributed by atoms with Crippen LogP contribution in [-0.4, -0.2) is 30.8 Å². The normalized spacial score (nSPS) is 20.9. The number of ether oxygens (including phenoxy) is 1. The standard InChI is InChI=1S/C10H16N2O2/c1-13-10(2-4-11-5-3-10)6-9-7-12-8-14-9/h7-8,11H,2-6H2,1H3. The van der Waals surface area contributed by atoms with Crippen molar-refractivity contribution in [2.24, 2.45) is 0 Å². The topological polar surface area (TPSA) is 47.3 Å². The van der Waals surface area contributed by atoms with Crippen molar-refractivity contribution in [1.29, 1.82) is 0 Å². The smallest absolute Gasteiger partial charge is 0.180 e. The highest BCUT2D eigenvalue weighted by atomic mass is 16.5. The van der Waals surface area contributed by atoms with Crippen LogP contribution in [0.2, 0.25) is 0 Å². The summed E-state index contributed by atoms with van der Waals surface area (Å²) in [6.07, 6.45) is 6.13. The van der Waals surface area contributed by atoms with E-state index < -0.39 is 0 Å². The fourth-order valence-electron chi connectivity index (χ4n) is 1.98. The molecule has 0 atom stereocenters. The minimum atomic E-state index is -0.0508. The van der Waals surface area contributed by atoms with Gasteiger partial charge in [0.2, 0.25) is 0 Å². The van der Waals surface area contributed by atoms with Crippen LogP contribution in [0.4, 0.5) is 0 Å². The summed E-state index contributed by atoms with van der Waals surface area (Å²) in [5.74, 6) is 0.911. The summed E-state index contributed by atoms with van der Waals surface area (Å²) in [4.78, 5) is 3.92. The van der Waals surface area contributed by atoms with Gasteiger partial charge < -0.3 is 14.5 Å². The highest BCUT2D eigenvalue weighted by Crippen LogP contribution is 2.26. The van der Waals surface area contributed by atoms with Gasteiger partial charge in [0.15, 0.2) is 6.39 Å². The largest absolute Gasteiger partial charge is 0.448 e. The van der Waals surface area contributed by atoms with Gasteiger partial charge in [0.25, 0.3) is 0 Å². The molecule has 1 aliphatic rings. The fourth-order valence-corrected chi connectivity index (χ4v) is 1.98. The number of methoxy groups -OCH3 is 1. The number of piperidine rings is 1. The molecule has 0 amide bonds. The van der Waals surface area contributed by atoms with Crippen molar-refractivity contribution in [2.75, 3.05) is 20.2 Å². The van der Waals surface area contributed by atoms with E-state index in [9.17, 15) is 0 Å². The summed E-state index contributed by atoms with van der Waals surface area (Å²) in [6, 6.07) is 0. The van der Waals surface area contributed by atoms with Crippen LogP contribution < -0.4 is 5.32 Å². The average molecular weight is 196 g/mol. The van der Waals surface area contributed by atoms with Gasteiger partial charge in [0, 0.05) is 13.5 Å². The van der Waals surface area contributed by atoms with Gasteiger partial charge in [-0.3, -0.25) is 0 Å². The lowest BCUT2D eigenvalue weighted by atomic mass is 9.88. The van der Waals surface area contributed by atoms with E-state index in [4.69, 9.17) is 9.15 Å². The minimum Gasteiger partial charge on any atom is -0.448 e. The number of hydrogen-bond acceptors (Lipinski definition) is 4. The molecule has 1 aliphatic heterocycles. The molecule has 1 N–H and O–H groups in total. The Morgan fingerprint density at radius 3 is 2.93 bits per heavy atom. The molecule has 0 aliphatic carbocycles. The number of nitrogens with zero attached hydrogens (tertiary/aromatic N) is 1. The Kier molecular flexibility index (Phi) is 2.84. The van der Waals surface area contributed by atoms with Gasteiger partial charge in [-0.15, -0.1) is 0 Å². The van der Waals surface area contributed by atoms with Crippen LogP contribution in [0.5, 0.6) is 0 Å². The second kappa shape index (κ2) is 4.11. The van der Waals surface area contributed by atoms with Crippen LogP contribution >= 0.6 is 0 Å². The maximum atomic E-state index is 5.62. The van der Waals surface area contributed by atoms with Crippen molar-refractivity contribution in [3.8, 4) is 0 Å². The van der Waals surface area contributed by atoms with Crippen LogP contribution in [-0.2, 0) is 11.2 Å². The molecule has 4 nitrogen and oxygen atoms in total. The molecule has 1 aromatic heterocycles. The first-order valence-corrected chi connectivity index (χ1v) is 4.98. The Hall–Kier alpha value is -0.870. The molecule has 2 rings (SSSR count). The molecule has 0 bridgehead atoms. The maximum absolute atomic E-state index is 5.62. The number of aromatic nitrogens is 1. The lowest BCUT2D eigenvalue weighted by Gasteiger charge is -2.35. The molecular formula is C10H16N2O2. The van der Waals surface area contributed by atoms with E-state index in [1.165, 1.54) is 6.39 Å². The number of oxazole rings is 1. The Labute approximate surface area is 83.7 Å². The summed E-state index contributed by atoms with van der Waals surface area (Å²) in [5.41, 5.74) is -0.0508. The quantitative estimate of drug-likeness (QED) is 0.783. The van der Waals surface area contributed by atoms with Gasteiger partial charge in [0.05, 0.1) is 11.8 Å². The molecule has 0 spiro atoms. The fraction of sp³-hybridized carbons (Fsp3) is 0.700. The molecule has 2 heterocycles. The van der Waals surface area contributed by atoms with Crippen LogP contribution in [0.15, 0.2) is 17.0 Å². The van der Waals surface area contributed by atoms with E-state index in [0.717, 1.165) is 38.1 Å². The molecule has 0 unspecified atom stereocenters. The number of rotatable bonds is 3. The SMILES string of the molecule is COC1(Cc2cnco2)CCNCC1. The third-order valence-corrected chi connectivity index (χ3v) is 2.93. The van der Waals surface area contributed by atoms with Crippen molar-refractivity contribution in [1.82, 2.24) is 10.3 Å². The molecule has 78 valence electrons. The molecule has 1 fully saturated rings. The zero-order valence-electron chi connectivity index (χ0n) is 8.45. The highest BCUT2D eigenvalue weighted by Gasteiger charge is 2.32. The molecular weight excluding hydrogens is 180 g/mol. The summed E-state index contributed by atoms with van der Waals surface area (Å²) >= 11 is 0. The van der Waals surface area contributed by atoms with Gasteiger partial charge >= 0.3 is 0 Å². The van der Waals surface area contributed by atoms with Crippen molar-refractivity contribution >= 4 is 0 Å². The van der Waals surface area contributed by atoms with E-state index in [1.807, 2.05) is 0 Å². The third-order valence-electron chi connectivity index (χ3n) is 2.93. The van der Waals surface area contributed by atoms with Gasteiger partial charge in [-0.25, -0.2) is 4.98 Å². The highest BCUT2D eigenvalue weighted by molar-refractivity contribution is 4.99. The molecule has 0 aromatic carbocycles. The zero-order chi connectivity index (χ0) is 9.86. The van der Waals surface area contributed by atoms with Gasteiger partial charge in [-0.2, -0.15) is 0 Å². The van der Waals surface area contributed by atoms with Crippen molar-refractivity contribution in [2.45, 2.75) is 24.9 Å². The van der Waals surface area contributed by atoms with E-state index in [-0.39, 0.29) is 5.60 Å². The molecule has 1 aromatic rings. The van der Waals surface area contributed by atoms with Crippen molar-refractivity contribution in [3.05, 3.63) is 18.4 Å². The number of hydrogen-bond donors (Lipinski definition) is 1. The summed E-state index contributed by atoms with van der Waals surface area (Å²) in [5, 5.41) is 3.33. The lowest BCUT2D eigenvalue weighted by Crippen LogP contribution is -2.44. The van der Waals surface area contributed by atoms with E-state index in [2.05, 4.69) is 10.3 Å². The van der Waals surface area contributed by atoms with Crippen molar-refractivity contribution < 1.29 is 9.15 Å². The van der Waals surface area contributed by atoms with Gasteiger partial charge in [-0.1, -0.05) is 0 Å². The van der Waals surface area contributed by atoms with Gasteiger partial charge in [0.1, 0.15) is 5.76 Å². The third kappa shape index (κ3) is 1.96. The molecule has 1 saturated heterocycles. The molecule has 0 saturated carbocycles. The van der Waals surface area contributed by atoms with E-state index >= 15 is 0 Å². The van der Waals surface area contributed by atoms with E-state index in [1.54, 1.807) is 13.3 Å². The first kappa shape index (κ1) is 9.68. The molecule has 4 heteroatoms. The summed E-state index contributed by atoms with van der Waals surface area (Å²) in [7, 11) is 1.78.